The van der Waals surface area contributed by atoms with Crippen LogP contribution in [0.3, 0.4) is 0 Å². The van der Waals surface area contributed by atoms with Crippen LogP contribution in [-0.4, -0.2) is 42.1 Å². The Bertz CT molecular complexity index is 518. The number of anilines is 1. The lowest BCUT2D eigenvalue weighted by atomic mass is 9.97. The van der Waals surface area contributed by atoms with Crippen molar-refractivity contribution in [3.63, 3.8) is 0 Å². The second-order valence-corrected chi connectivity index (χ2v) is 5.48. The summed E-state index contributed by atoms with van der Waals surface area (Å²) in [6, 6.07) is 2.91. The third-order valence-corrected chi connectivity index (χ3v) is 3.75. The molecule has 0 unspecified atom stereocenters. The van der Waals surface area contributed by atoms with Crippen LogP contribution in [0, 0.1) is 5.92 Å². The molecule has 110 valence electrons. The molecule has 1 amide bonds. The predicted molar refractivity (Wildman–Crippen MR) is 78.3 cm³/mol. The molecule has 1 aromatic heterocycles. The normalized spacial score (nSPS) is 17.1. The van der Waals surface area contributed by atoms with Gasteiger partial charge in [-0.2, -0.15) is 0 Å². The van der Waals surface area contributed by atoms with Crippen molar-refractivity contribution in [2.45, 2.75) is 19.4 Å². The number of pyridine rings is 1. The Labute approximate surface area is 118 Å². The Kier molecular flexibility index (Phi) is 4.79. The molecule has 0 bridgehead atoms. The van der Waals surface area contributed by atoms with E-state index in [1.165, 1.54) is 22.9 Å². The molecule has 1 saturated heterocycles. The van der Waals surface area contributed by atoms with E-state index in [0.717, 1.165) is 25.9 Å². The van der Waals surface area contributed by atoms with Gasteiger partial charge in [0.2, 0.25) is 5.91 Å². The molecule has 6 nitrogen and oxygen atoms in total. The SMILES string of the molecule is CN1CCC(CNC(=O)Cn2cc(N)ccc2=O)CC1. The smallest absolute Gasteiger partial charge is 0.251 e. The average molecular weight is 278 g/mol. The van der Waals surface area contributed by atoms with E-state index in [4.69, 9.17) is 5.73 Å². The van der Waals surface area contributed by atoms with Crippen LogP contribution in [0.15, 0.2) is 23.1 Å². The Balaban J connectivity index is 1.81. The highest BCUT2D eigenvalue weighted by atomic mass is 16.2. The van der Waals surface area contributed by atoms with Crippen LogP contribution in [0.1, 0.15) is 12.8 Å². The van der Waals surface area contributed by atoms with E-state index in [9.17, 15) is 9.59 Å². The first-order valence-corrected chi connectivity index (χ1v) is 6.96. The van der Waals surface area contributed by atoms with Gasteiger partial charge in [-0.3, -0.25) is 9.59 Å². The second-order valence-electron chi connectivity index (χ2n) is 5.48. The zero-order chi connectivity index (χ0) is 14.5. The summed E-state index contributed by atoms with van der Waals surface area (Å²) in [6.45, 7) is 2.87. The Hall–Kier alpha value is -1.82. The summed E-state index contributed by atoms with van der Waals surface area (Å²) in [4.78, 5) is 25.7. The maximum Gasteiger partial charge on any atom is 0.251 e. The van der Waals surface area contributed by atoms with E-state index in [-0.39, 0.29) is 18.0 Å². The summed E-state index contributed by atoms with van der Waals surface area (Å²) in [5, 5.41) is 2.90. The van der Waals surface area contributed by atoms with Crippen molar-refractivity contribution in [3.05, 3.63) is 28.7 Å². The molecule has 1 aliphatic heterocycles. The molecule has 0 spiro atoms. The first kappa shape index (κ1) is 14.6. The number of piperidine rings is 1. The molecule has 2 rings (SSSR count). The topological polar surface area (TPSA) is 80.4 Å². The lowest BCUT2D eigenvalue weighted by Gasteiger charge is -2.28. The molecule has 2 heterocycles. The van der Waals surface area contributed by atoms with Gasteiger partial charge >= 0.3 is 0 Å². The largest absolute Gasteiger partial charge is 0.398 e. The molecular formula is C14H22N4O2. The number of hydrogen-bond donors (Lipinski definition) is 2. The molecule has 0 aliphatic carbocycles. The Morgan fingerprint density at radius 3 is 2.80 bits per heavy atom. The summed E-state index contributed by atoms with van der Waals surface area (Å²) in [6.07, 6.45) is 3.71. The van der Waals surface area contributed by atoms with Gasteiger partial charge in [0.05, 0.1) is 0 Å². The third-order valence-electron chi connectivity index (χ3n) is 3.75. The summed E-state index contributed by atoms with van der Waals surface area (Å²) < 4.78 is 1.33. The van der Waals surface area contributed by atoms with Gasteiger partial charge < -0.3 is 20.5 Å². The van der Waals surface area contributed by atoms with Gasteiger partial charge in [0.25, 0.3) is 5.56 Å². The van der Waals surface area contributed by atoms with Crippen molar-refractivity contribution in [1.82, 2.24) is 14.8 Å². The maximum atomic E-state index is 11.9. The summed E-state index contributed by atoms with van der Waals surface area (Å²) in [5.74, 6) is 0.393. The third kappa shape index (κ3) is 4.09. The lowest BCUT2D eigenvalue weighted by Crippen LogP contribution is -2.38. The zero-order valence-electron chi connectivity index (χ0n) is 11.8. The first-order chi connectivity index (χ1) is 9.54. The number of hydrogen-bond acceptors (Lipinski definition) is 4. The minimum atomic E-state index is -0.214. The minimum absolute atomic E-state index is 0.0243. The molecule has 0 saturated carbocycles. The summed E-state index contributed by atoms with van der Waals surface area (Å²) in [5.41, 5.74) is 5.88. The number of aromatic nitrogens is 1. The Morgan fingerprint density at radius 1 is 1.40 bits per heavy atom. The van der Waals surface area contributed by atoms with E-state index >= 15 is 0 Å². The summed E-state index contributed by atoms with van der Waals surface area (Å²) >= 11 is 0. The number of rotatable bonds is 4. The van der Waals surface area contributed by atoms with Crippen LogP contribution in [0.4, 0.5) is 5.69 Å². The van der Waals surface area contributed by atoms with Crippen LogP contribution < -0.4 is 16.6 Å². The van der Waals surface area contributed by atoms with Gasteiger partial charge in [0.15, 0.2) is 0 Å². The molecule has 20 heavy (non-hydrogen) atoms. The van der Waals surface area contributed by atoms with E-state index in [2.05, 4.69) is 17.3 Å². The maximum absolute atomic E-state index is 11.9. The monoisotopic (exact) mass is 278 g/mol. The van der Waals surface area contributed by atoms with Gasteiger partial charge in [-0.05, 0) is 45.0 Å². The first-order valence-electron chi connectivity index (χ1n) is 6.96. The fourth-order valence-electron chi connectivity index (χ4n) is 2.41. The minimum Gasteiger partial charge on any atom is -0.398 e. The molecule has 1 aromatic rings. The average Bonchev–Trinajstić information content (AvgIpc) is 2.42. The van der Waals surface area contributed by atoms with Crippen LogP contribution in [0.5, 0.6) is 0 Å². The van der Waals surface area contributed by atoms with Gasteiger partial charge in [-0.15, -0.1) is 0 Å². The molecule has 1 aliphatic rings. The van der Waals surface area contributed by atoms with Crippen molar-refractivity contribution < 1.29 is 4.79 Å². The van der Waals surface area contributed by atoms with Crippen LogP contribution in [0.25, 0.3) is 0 Å². The van der Waals surface area contributed by atoms with Gasteiger partial charge in [0.1, 0.15) is 6.54 Å². The number of carbonyl (C=O) groups is 1. The molecule has 1 fully saturated rings. The van der Waals surface area contributed by atoms with Crippen molar-refractivity contribution in [3.8, 4) is 0 Å². The van der Waals surface area contributed by atoms with Gasteiger partial charge in [-0.1, -0.05) is 0 Å². The number of nitrogens with zero attached hydrogens (tertiary/aromatic N) is 2. The van der Waals surface area contributed by atoms with Gasteiger partial charge in [0, 0.05) is 24.5 Å². The molecule has 3 N–H and O–H groups in total. The van der Waals surface area contributed by atoms with Crippen LogP contribution in [-0.2, 0) is 11.3 Å². The van der Waals surface area contributed by atoms with Crippen molar-refractivity contribution >= 4 is 11.6 Å². The number of nitrogen functional groups attached to an aromatic ring is 1. The van der Waals surface area contributed by atoms with Crippen LogP contribution >= 0.6 is 0 Å². The quantitative estimate of drug-likeness (QED) is 0.805. The fourth-order valence-corrected chi connectivity index (χ4v) is 2.41. The number of amides is 1. The van der Waals surface area contributed by atoms with E-state index in [1.807, 2.05) is 0 Å². The molecular weight excluding hydrogens is 256 g/mol. The summed E-state index contributed by atoms with van der Waals surface area (Å²) in [7, 11) is 2.11. The van der Waals surface area contributed by atoms with Crippen molar-refractivity contribution in [1.29, 1.82) is 0 Å². The second kappa shape index (κ2) is 6.56. The number of nitrogens with two attached hydrogens (primary N) is 1. The van der Waals surface area contributed by atoms with E-state index in [1.54, 1.807) is 0 Å². The predicted octanol–water partition coefficient (Wildman–Crippen LogP) is -0.111. The Morgan fingerprint density at radius 2 is 2.10 bits per heavy atom. The lowest BCUT2D eigenvalue weighted by molar-refractivity contribution is -0.121. The van der Waals surface area contributed by atoms with Crippen LogP contribution in [0.2, 0.25) is 0 Å². The van der Waals surface area contributed by atoms with Gasteiger partial charge in [-0.25, -0.2) is 0 Å². The highest BCUT2D eigenvalue weighted by Gasteiger charge is 2.17. The number of likely N-dealkylation sites (tertiary alicyclic amines) is 1. The highest BCUT2D eigenvalue weighted by molar-refractivity contribution is 5.75. The zero-order valence-corrected chi connectivity index (χ0v) is 11.8. The van der Waals surface area contributed by atoms with E-state index in [0.29, 0.717) is 18.2 Å². The number of carbonyl (C=O) groups excluding carboxylic acids is 1. The molecule has 0 atom stereocenters. The molecule has 0 radical (unpaired) electrons. The van der Waals surface area contributed by atoms with E-state index < -0.39 is 0 Å². The van der Waals surface area contributed by atoms with Crippen molar-refractivity contribution in [2.24, 2.45) is 5.92 Å². The molecule has 6 heteroatoms. The highest BCUT2D eigenvalue weighted by Crippen LogP contribution is 2.14. The number of nitrogens with one attached hydrogen (secondary N) is 1. The fraction of sp³-hybridized carbons (Fsp3) is 0.571. The molecule has 0 aromatic carbocycles. The van der Waals surface area contributed by atoms with Crippen molar-refractivity contribution in [2.75, 3.05) is 32.4 Å². The standard InChI is InChI=1S/C14H22N4O2/c1-17-6-4-11(5-7-17)8-16-13(19)10-18-9-12(15)2-3-14(18)20/h2-3,9,11H,4-8,10,15H2,1H3,(H,16,19).